The number of aryl methyl sites for hydroxylation is 1. The minimum atomic E-state index is -0.429. The average Bonchev–Trinajstić information content (AvgIpc) is 2.84. The zero-order valence-electron chi connectivity index (χ0n) is 17.7. The second-order valence-electron chi connectivity index (χ2n) is 7.11. The highest BCUT2D eigenvalue weighted by molar-refractivity contribution is 5.95. The Balaban J connectivity index is 1.55. The first-order valence-electron chi connectivity index (χ1n) is 10.0. The molecule has 166 valence electrons. The molecule has 0 aliphatic rings. The van der Waals surface area contributed by atoms with Crippen LogP contribution in [-0.2, 0) is 13.6 Å². The van der Waals surface area contributed by atoms with E-state index in [1.807, 2.05) is 12.1 Å². The number of hydrogen-bond acceptors (Lipinski definition) is 6. The normalized spacial score (nSPS) is 10.5. The first kappa shape index (κ1) is 21.7. The van der Waals surface area contributed by atoms with Crippen LogP contribution in [0.1, 0.15) is 15.9 Å². The number of nitrogens with one attached hydrogen (secondary N) is 2. The minimum Gasteiger partial charge on any atom is -0.453 e. The zero-order chi connectivity index (χ0) is 23.2. The summed E-state index contributed by atoms with van der Waals surface area (Å²) >= 11 is 0. The van der Waals surface area contributed by atoms with Crippen LogP contribution in [0.25, 0.3) is 0 Å². The summed E-state index contributed by atoms with van der Waals surface area (Å²) in [6.07, 6.45) is 4.71. The van der Waals surface area contributed by atoms with E-state index in [1.54, 1.807) is 36.7 Å². The van der Waals surface area contributed by atoms with Crippen molar-refractivity contribution in [2.45, 2.75) is 6.54 Å². The maximum absolute atomic E-state index is 13.2. The van der Waals surface area contributed by atoms with Gasteiger partial charge in [-0.25, -0.2) is 9.07 Å². The molecular formula is C24H20FN5O3. The molecule has 9 heteroatoms. The number of anilines is 2. The van der Waals surface area contributed by atoms with Gasteiger partial charge in [0, 0.05) is 37.2 Å². The fourth-order valence-corrected chi connectivity index (χ4v) is 3.01. The molecule has 0 saturated heterocycles. The van der Waals surface area contributed by atoms with Crippen molar-refractivity contribution in [3.8, 4) is 11.5 Å². The highest BCUT2D eigenvalue weighted by Crippen LogP contribution is 2.28. The van der Waals surface area contributed by atoms with Gasteiger partial charge in [-0.2, -0.15) is 5.10 Å². The molecule has 0 atom stereocenters. The van der Waals surface area contributed by atoms with E-state index in [-0.39, 0.29) is 17.3 Å². The third kappa shape index (κ3) is 5.40. The fourth-order valence-electron chi connectivity index (χ4n) is 3.01. The summed E-state index contributed by atoms with van der Waals surface area (Å²) in [5.74, 6) is -0.154. The molecule has 1 amide bonds. The molecule has 2 heterocycles. The van der Waals surface area contributed by atoms with Crippen LogP contribution in [0.5, 0.6) is 11.5 Å². The molecule has 2 aromatic heterocycles. The van der Waals surface area contributed by atoms with Crippen molar-refractivity contribution < 1.29 is 13.9 Å². The molecule has 0 bridgehead atoms. The van der Waals surface area contributed by atoms with Crippen LogP contribution in [-0.4, -0.2) is 20.7 Å². The highest BCUT2D eigenvalue weighted by atomic mass is 19.1. The molecule has 4 aromatic rings. The first-order chi connectivity index (χ1) is 16.0. The van der Waals surface area contributed by atoms with E-state index in [1.165, 1.54) is 37.5 Å². The maximum Gasteiger partial charge on any atom is 0.294 e. The number of halogens is 1. The Kier molecular flexibility index (Phi) is 6.40. The van der Waals surface area contributed by atoms with E-state index in [0.717, 1.165) is 10.2 Å². The van der Waals surface area contributed by atoms with Gasteiger partial charge in [-0.15, -0.1) is 0 Å². The number of carbonyl (C=O) groups excluding carboxylic acids is 1. The van der Waals surface area contributed by atoms with E-state index < -0.39 is 11.4 Å². The summed E-state index contributed by atoms with van der Waals surface area (Å²) in [7, 11) is 1.51. The molecular weight excluding hydrogens is 425 g/mol. The summed E-state index contributed by atoms with van der Waals surface area (Å²) in [6, 6.07) is 15.8. The lowest BCUT2D eigenvalue weighted by Crippen LogP contribution is -2.23. The molecule has 0 radical (unpaired) electrons. The average molecular weight is 445 g/mol. The molecule has 2 N–H and O–H groups in total. The van der Waals surface area contributed by atoms with Gasteiger partial charge in [0.2, 0.25) is 0 Å². The second kappa shape index (κ2) is 9.73. The summed E-state index contributed by atoms with van der Waals surface area (Å²) < 4.78 is 20.1. The Bertz CT molecular complexity index is 1320. The van der Waals surface area contributed by atoms with Crippen LogP contribution in [0, 0.1) is 5.82 Å². The quantitative estimate of drug-likeness (QED) is 0.449. The van der Waals surface area contributed by atoms with Crippen LogP contribution in [0.2, 0.25) is 0 Å². The Morgan fingerprint density at radius 2 is 1.85 bits per heavy atom. The molecule has 0 unspecified atom stereocenters. The van der Waals surface area contributed by atoms with Crippen molar-refractivity contribution in [3.05, 3.63) is 107 Å². The van der Waals surface area contributed by atoms with Gasteiger partial charge in [0.15, 0.2) is 11.4 Å². The van der Waals surface area contributed by atoms with Gasteiger partial charge in [0.1, 0.15) is 11.6 Å². The van der Waals surface area contributed by atoms with Gasteiger partial charge in [-0.1, -0.05) is 6.07 Å². The number of nitrogens with zero attached hydrogens (tertiary/aromatic N) is 3. The van der Waals surface area contributed by atoms with Crippen LogP contribution < -0.4 is 20.9 Å². The number of aromatic nitrogens is 3. The molecule has 0 aliphatic carbocycles. The number of amides is 1. The van der Waals surface area contributed by atoms with Gasteiger partial charge in [0.05, 0.1) is 6.20 Å². The standard InChI is InChI=1S/C24H20FN5O3/c1-30-24(32)22(21(15-28-30)33-20-7-5-18(25)6-8-20)29-19-4-2-3-17(13-19)23(31)27-14-16-9-11-26-12-10-16/h2-13,15,29H,14H2,1H3,(H,27,31). The van der Waals surface area contributed by atoms with Gasteiger partial charge in [-0.05, 0) is 60.2 Å². The summed E-state index contributed by atoms with van der Waals surface area (Å²) in [4.78, 5) is 29.3. The third-order valence-electron chi connectivity index (χ3n) is 4.74. The molecule has 8 nitrogen and oxygen atoms in total. The first-order valence-corrected chi connectivity index (χ1v) is 10.0. The second-order valence-corrected chi connectivity index (χ2v) is 7.11. The molecule has 2 aromatic carbocycles. The number of rotatable bonds is 7. The molecule has 0 fully saturated rings. The van der Waals surface area contributed by atoms with Crippen LogP contribution in [0.15, 0.2) is 84.0 Å². The van der Waals surface area contributed by atoms with Crippen molar-refractivity contribution in [3.63, 3.8) is 0 Å². The molecule has 0 saturated carbocycles. The lowest BCUT2D eigenvalue weighted by molar-refractivity contribution is 0.0951. The van der Waals surface area contributed by atoms with E-state index in [4.69, 9.17) is 4.74 Å². The third-order valence-corrected chi connectivity index (χ3v) is 4.74. The van der Waals surface area contributed by atoms with Gasteiger partial charge in [-0.3, -0.25) is 14.6 Å². The van der Waals surface area contributed by atoms with Gasteiger partial charge < -0.3 is 15.4 Å². The number of benzene rings is 2. The Morgan fingerprint density at radius 1 is 1.09 bits per heavy atom. The highest BCUT2D eigenvalue weighted by Gasteiger charge is 2.14. The van der Waals surface area contributed by atoms with E-state index in [9.17, 15) is 14.0 Å². The van der Waals surface area contributed by atoms with Crippen molar-refractivity contribution in [2.24, 2.45) is 7.05 Å². The van der Waals surface area contributed by atoms with Crippen LogP contribution >= 0.6 is 0 Å². The van der Waals surface area contributed by atoms with Gasteiger partial charge >= 0.3 is 0 Å². The van der Waals surface area contributed by atoms with E-state index in [0.29, 0.717) is 23.5 Å². The van der Waals surface area contributed by atoms with Crippen LogP contribution in [0.3, 0.4) is 0 Å². The molecule has 4 rings (SSSR count). The number of ether oxygens (including phenoxy) is 1. The number of carbonyl (C=O) groups is 1. The fraction of sp³-hybridized carbons (Fsp3) is 0.0833. The summed E-state index contributed by atoms with van der Waals surface area (Å²) in [5.41, 5.74) is 1.56. The minimum absolute atomic E-state index is 0.131. The van der Waals surface area contributed by atoms with Crippen molar-refractivity contribution in [2.75, 3.05) is 5.32 Å². The number of pyridine rings is 1. The topological polar surface area (TPSA) is 98.1 Å². The van der Waals surface area contributed by atoms with Gasteiger partial charge in [0.25, 0.3) is 11.5 Å². The van der Waals surface area contributed by atoms with Crippen LogP contribution in [0.4, 0.5) is 15.8 Å². The largest absolute Gasteiger partial charge is 0.453 e. The predicted molar refractivity (Wildman–Crippen MR) is 121 cm³/mol. The monoisotopic (exact) mass is 445 g/mol. The zero-order valence-corrected chi connectivity index (χ0v) is 17.7. The Labute approximate surface area is 188 Å². The van der Waals surface area contributed by atoms with E-state index in [2.05, 4.69) is 20.7 Å². The maximum atomic E-state index is 13.2. The predicted octanol–water partition coefficient (Wildman–Crippen LogP) is 3.78. The Hall–Kier alpha value is -4.53. The number of hydrogen-bond donors (Lipinski definition) is 2. The summed E-state index contributed by atoms with van der Waals surface area (Å²) in [5, 5.41) is 9.86. The van der Waals surface area contributed by atoms with Crippen molar-refractivity contribution in [1.29, 1.82) is 0 Å². The lowest BCUT2D eigenvalue weighted by Gasteiger charge is -2.14. The van der Waals surface area contributed by atoms with Crippen molar-refractivity contribution in [1.82, 2.24) is 20.1 Å². The molecule has 33 heavy (non-hydrogen) atoms. The SMILES string of the molecule is Cn1ncc(Oc2ccc(F)cc2)c(Nc2cccc(C(=O)NCc3ccncc3)c2)c1=O. The molecule has 0 aliphatic heterocycles. The van der Waals surface area contributed by atoms with E-state index >= 15 is 0 Å². The summed E-state index contributed by atoms with van der Waals surface area (Å²) in [6.45, 7) is 0.361. The smallest absolute Gasteiger partial charge is 0.294 e. The molecule has 0 spiro atoms. The lowest BCUT2D eigenvalue weighted by atomic mass is 10.1. The Morgan fingerprint density at radius 3 is 2.61 bits per heavy atom. The van der Waals surface area contributed by atoms with Crippen molar-refractivity contribution >= 4 is 17.3 Å².